The summed E-state index contributed by atoms with van der Waals surface area (Å²) in [6.07, 6.45) is 1.59. The summed E-state index contributed by atoms with van der Waals surface area (Å²) in [5.74, 6) is 0.262. The molecule has 3 aliphatic rings. The third-order valence-electron chi connectivity index (χ3n) is 6.54. The zero-order valence-corrected chi connectivity index (χ0v) is 16.8. The van der Waals surface area contributed by atoms with Gasteiger partial charge in [-0.25, -0.2) is 0 Å². The van der Waals surface area contributed by atoms with Crippen LogP contribution >= 0.6 is 0 Å². The van der Waals surface area contributed by atoms with Gasteiger partial charge < -0.3 is 19.4 Å². The van der Waals surface area contributed by atoms with Gasteiger partial charge in [-0.2, -0.15) is 0 Å². The van der Waals surface area contributed by atoms with Crippen LogP contribution in [0.4, 0.5) is 0 Å². The van der Waals surface area contributed by atoms with Gasteiger partial charge in [0.15, 0.2) is 0 Å². The van der Waals surface area contributed by atoms with E-state index in [-0.39, 0.29) is 30.1 Å². The van der Waals surface area contributed by atoms with E-state index in [0.717, 1.165) is 38.0 Å². The van der Waals surface area contributed by atoms with Crippen molar-refractivity contribution < 1.29 is 14.3 Å². The number of likely N-dealkylation sites (N-methyl/N-ethyl adjacent to an activating group) is 1. The molecule has 3 heterocycles. The van der Waals surface area contributed by atoms with Crippen LogP contribution in [0.3, 0.4) is 0 Å². The molecule has 28 heavy (non-hydrogen) atoms. The molecule has 0 radical (unpaired) electrons. The highest BCUT2D eigenvalue weighted by atomic mass is 16.5. The molecule has 3 saturated heterocycles. The van der Waals surface area contributed by atoms with Crippen molar-refractivity contribution in [2.24, 2.45) is 0 Å². The Morgan fingerprint density at radius 1 is 1.14 bits per heavy atom. The number of methoxy groups -OCH3 is 1. The van der Waals surface area contributed by atoms with Crippen LogP contribution in [0.1, 0.15) is 18.4 Å². The molecule has 0 bridgehead atoms. The number of likely N-dealkylation sites (tertiary alicyclic amines) is 1. The molecule has 7 nitrogen and oxygen atoms in total. The highest BCUT2D eigenvalue weighted by Gasteiger charge is 2.58. The number of carbonyl (C=O) groups is 2. The molecule has 0 unspecified atom stereocenters. The number of nitrogens with zero attached hydrogens (tertiary/aromatic N) is 4. The van der Waals surface area contributed by atoms with Crippen molar-refractivity contribution in [1.29, 1.82) is 0 Å². The largest absolute Gasteiger partial charge is 0.375 e. The van der Waals surface area contributed by atoms with Crippen LogP contribution in [0.5, 0.6) is 0 Å². The molecule has 4 rings (SSSR count). The Hall–Kier alpha value is -1.96. The lowest BCUT2D eigenvalue weighted by molar-refractivity contribution is -0.142. The maximum Gasteiger partial charge on any atom is 0.248 e. The van der Waals surface area contributed by atoms with Crippen molar-refractivity contribution in [3.8, 4) is 0 Å². The van der Waals surface area contributed by atoms with E-state index in [0.29, 0.717) is 19.6 Å². The van der Waals surface area contributed by atoms with Gasteiger partial charge in [-0.05, 0) is 12.6 Å². The quantitative estimate of drug-likeness (QED) is 0.759. The van der Waals surface area contributed by atoms with Crippen molar-refractivity contribution in [2.45, 2.75) is 31.1 Å². The predicted octanol–water partition coefficient (Wildman–Crippen LogP) is 0.610. The summed E-state index contributed by atoms with van der Waals surface area (Å²) < 4.78 is 5.02. The number of piperidine rings is 1. The zero-order chi connectivity index (χ0) is 19.7. The lowest BCUT2D eigenvalue weighted by Gasteiger charge is -2.50. The van der Waals surface area contributed by atoms with Crippen molar-refractivity contribution >= 4 is 11.8 Å². The fourth-order valence-corrected chi connectivity index (χ4v) is 5.05. The molecule has 7 heteroatoms. The number of benzene rings is 1. The Kier molecular flexibility index (Phi) is 5.40. The molecular weight excluding hydrogens is 356 g/mol. The van der Waals surface area contributed by atoms with Gasteiger partial charge in [0.05, 0.1) is 0 Å². The normalized spacial score (nSPS) is 25.4. The lowest BCUT2D eigenvalue weighted by Crippen LogP contribution is -2.63. The van der Waals surface area contributed by atoms with E-state index in [1.165, 1.54) is 0 Å². The van der Waals surface area contributed by atoms with Crippen molar-refractivity contribution in [2.75, 3.05) is 53.5 Å². The molecule has 0 aromatic heterocycles. The summed E-state index contributed by atoms with van der Waals surface area (Å²) in [7, 11) is 3.64. The third kappa shape index (κ3) is 3.32. The van der Waals surface area contributed by atoms with Crippen molar-refractivity contribution in [3.05, 3.63) is 35.9 Å². The van der Waals surface area contributed by atoms with Gasteiger partial charge in [-0.3, -0.25) is 14.5 Å². The Morgan fingerprint density at radius 3 is 2.54 bits per heavy atom. The van der Waals surface area contributed by atoms with E-state index >= 15 is 0 Å². The fourth-order valence-electron chi connectivity index (χ4n) is 5.05. The number of piperazine rings is 1. The Bertz CT molecular complexity index is 718. The minimum Gasteiger partial charge on any atom is -0.375 e. The van der Waals surface area contributed by atoms with Crippen LogP contribution in [0, 0.1) is 0 Å². The molecule has 2 amide bonds. The summed E-state index contributed by atoms with van der Waals surface area (Å²) in [4.78, 5) is 34.4. The summed E-state index contributed by atoms with van der Waals surface area (Å²) in [6.45, 7) is 4.72. The van der Waals surface area contributed by atoms with Gasteiger partial charge in [0.1, 0.15) is 18.3 Å². The molecule has 3 fully saturated rings. The molecule has 1 spiro atoms. The Labute approximate surface area is 166 Å². The zero-order valence-electron chi connectivity index (χ0n) is 16.8. The average molecular weight is 386 g/mol. The first-order chi connectivity index (χ1) is 13.5. The molecule has 3 aliphatic heterocycles. The van der Waals surface area contributed by atoms with Crippen LogP contribution in [-0.4, -0.2) is 96.6 Å². The van der Waals surface area contributed by atoms with Gasteiger partial charge in [-0.15, -0.1) is 0 Å². The van der Waals surface area contributed by atoms with Gasteiger partial charge >= 0.3 is 0 Å². The second kappa shape index (κ2) is 7.81. The van der Waals surface area contributed by atoms with E-state index in [4.69, 9.17) is 4.74 Å². The summed E-state index contributed by atoms with van der Waals surface area (Å²) >= 11 is 0. The highest BCUT2D eigenvalue weighted by molar-refractivity contribution is 5.86. The van der Waals surface area contributed by atoms with Crippen LogP contribution in [0.2, 0.25) is 0 Å². The van der Waals surface area contributed by atoms with Crippen LogP contribution in [0.15, 0.2) is 30.3 Å². The molecule has 1 atom stereocenters. The third-order valence-corrected chi connectivity index (χ3v) is 6.54. The first kappa shape index (κ1) is 19.4. The maximum absolute atomic E-state index is 13.4. The van der Waals surface area contributed by atoms with Gasteiger partial charge in [0.25, 0.3) is 0 Å². The van der Waals surface area contributed by atoms with Crippen molar-refractivity contribution in [3.63, 3.8) is 0 Å². The van der Waals surface area contributed by atoms with Crippen LogP contribution in [-0.2, 0) is 20.9 Å². The predicted molar refractivity (Wildman–Crippen MR) is 105 cm³/mol. The smallest absolute Gasteiger partial charge is 0.248 e. The minimum atomic E-state index is -0.289. The molecular formula is C21H30N4O3. The summed E-state index contributed by atoms with van der Waals surface area (Å²) in [5, 5.41) is 0. The van der Waals surface area contributed by atoms with Crippen LogP contribution in [0.25, 0.3) is 0 Å². The number of ether oxygens (including phenoxy) is 1. The average Bonchev–Trinajstić information content (AvgIpc) is 2.92. The van der Waals surface area contributed by atoms with Crippen LogP contribution < -0.4 is 0 Å². The Balaban J connectivity index is 1.60. The second-order valence-electron chi connectivity index (χ2n) is 8.18. The number of carbonyl (C=O) groups excluding carboxylic acids is 2. The number of hydrogen-bond donors (Lipinski definition) is 0. The Morgan fingerprint density at radius 2 is 1.86 bits per heavy atom. The molecule has 1 aromatic rings. The van der Waals surface area contributed by atoms with Gasteiger partial charge in [0.2, 0.25) is 11.8 Å². The molecule has 152 valence electrons. The number of amides is 2. The highest BCUT2D eigenvalue weighted by Crippen LogP contribution is 2.42. The van der Waals surface area contributed by atoms with E-state index in [1.54, 1.807) is 7.11 Å². The van der Waals surface area contributed by atoms with Gasteiger partial charge in [-0.1, -0.05) is 30.3 Å². The lowest BCUT2D eigenvalue weighted by atomic mass is 9.93. The molecule has 0 aliphatic carbocycles. The van der Waals surface area contributed by atoms with E-state index in [9.17, 15) is 9.59 Å². The van der Waals surface area contributed by atoms with Gasteiger partial charge in [0, 0.05) is 59.2 Å². The maximum atomic E-state index is 13.4. The number of rotatable bonds is 4. The monoisotopic (exact) mass is 386 g/mol. The van der Waals surface area contributed by atoms with Crippen molar-refractivity contribution in [1.82, 2.24) is 19.6 Å². The number of hydrogen-bond acceptors (Lipinski definition) is 5. The standard InChI is InChI=1S/C21H30N4O3/c1-22-12-13-24-18(15-22)20(27)25(14-17-6-4-3-5-7-17)21(24)8-10-23(11-9-21)19(26)16-28-2/h3-7,18H,8-16H2,1-2H3/t18-/m1/s1. The topological polar surface area (TPSA) is 56.3 Å². The SMILES string of the molecule is COCC(=O)N1CCC2(CC1)N(Cc1ccccc1)C(=O)[C@H]1CN(C)CCN12. The number of fused-ring (bicyclic) bond motifs is 2. The molecule has 1 aromatic carbocycles. The first-order valence-corrected chi connectivity index (χ1v) is 10.1. The van der Waals surface area contributed by atoms with E-state index in [1.807, 2.05) is 23.1 Å². The molecule has 0 saturated carbocycles. The fraction of sp³-hybridized carbons (Fsp3) is 0.619. The van der Waals surface area contributed by atoms with E-state index < -0.39 is 0 Å². The summed E-state index contributed by atoms with van der Waals surface area (Å²) in [6, 6.07) is 10.1. The second-order valence-corrected chi connectivity index (χ2v) is 8.18. The first-order valence-electron chi connectivity index (χ1n) is 10.1. The molecule has 0 N–H and O–H groups in total. The minimum absolute atomic E-state index is 0.0335. The summed E-state index contributed by atoms with van der Waals surface area (Å²) in [5.41, 5.74) is 0.865. The van der Waals surface area contributed by atoms with E-state index in [2.05, 4.69) is 33.9 Å².